The smallest absolute Gasteiger partial charge is 0.253 e. The summed E-state index contributed by atoms with van der Waals surface area (Å²) in [4.78, 5) is 44.0. The lowest BCUT2D eigenvalue weighted by Gasteiger charge is -2.30. The Bertz CT molecular complexity index is 1350. The number of ether oxygens (including phenoxy) is 1. The molecule has 0 saturated carbocycles. The van der Waals surface area contributed by atoms with Crippen molar-refractivity contribution in [3.63, 3.8) is 0 Å². The molecule has 2 fully saturated rings. The second-order valence-corrected chi connectivity index (χ2v) is 10.8. The molecule has 8 heteroatoms. The van der Waals surface area contributed by atoms with Crippen molar-refractivity contribution in [1.82, 2.24) is 15.1 Å². The van der Waals surface area contributed by atoms with Gasteiger partial charge in [0.25, 0.3) is 5.91 Å². The number of rotatable bonds is 9. The van der Waals surface area contributed by atoms with Crippen molar-refractivity contribution in [1.29, 1.82) is 0 Å². The molecule has 7 nitrogen and oxygen atoms in total. The molecule has 0 radical (unpaired) electrons. The van der Waals surface area contributed by atoms with Crippen LogP contribution in [0.15, 0.2) is 78.9 Å². The van der Waals surface area contributed by atoms with Crippen LogP contribution in [-0.2, 0) is 16.0 Å². The maximum atomic E-state index is 14.0. The van der Waals surface area contributed by atoms with Crippen LogP contribution in [0.4, 0.5) is 0 Å². The lowest BCUT2D eigenvalue weighted by atomic mass is 10.0. The first-order valence-electron chi connectivity index (χ1n) is 13.8. The van der Waals surface area contributed by atoms with Crippen molar-refractivity contribution in [2.24, 2.45) is 5.92 Å². The Labute approximate surface area is 240 Å². The van der Waals surface area contributed by atoms with Gasteiger partial charge in [-0.05, 0) is 48.7 Å². The maximum Gasteiger partial charge on any atom is 0.253 e. The Morgan fingerprint density at radius 1 is 0.975 bits per heavy atom. The molecule has 0 spiro atoms. The summed E-state index contributed by atoms with van der Waals surface area (Å²) in [6.45, 7) is 4.31. The molecule has 0 aliphatic carbocycles. The van der Waals surface area contributed by atoms with Crippen LogP contribution in [0.2, 0.25) is 5.02 Å². The van der Waals surface area contributed by atoms with Gasteiger partial charge in [-0.1, -0.05) is 67.1 Å². The highest BCUT2D eigenvalue weighted by Crippen LogP contribution is 2.35. The summed E-state index contributed by atoms with van der Waals surface area (Å²) in [5.74, 6) is 0.423. The van der Waals surface area contributed by atoms with Crippen molar-refractivity contribution in [3.8, 4) is 5.75 Å². The monoisotopic (exact) mass is 559 g/mol. The largest absolute Gasteiger partial charge is 0.494 e. The van der Waals surface area contributed by atoms with Crippen molar-refractivity contribution in [2.75, 3.05) is 26.2 Å². The van der Waals surface area contributed by atoms with Crippen LogP contribution >= 0.6 is 11.6 Å². The van der Waals surface area contributed by atoms with Crippen LogP contribution in [0.25, 0.3) is 0 Å². The zero-order chi connectivity index (χ0) is 28.1. The molecule has 5 rings (SSSR count). The maximum absolute atomic E-state index is 14.0. The minimum absolute atomic E-state index is 0.0531. The molecular formula is C32H34ClN3O4. The fraction of sp³-hybridized carbons (Fsp3) is 0.344. The first-order valence-corrected chi connectivity index (χ1v) is 14.2. The summed E-state index contributed by atoms with van der Waals surface area (Å²) >= 11 is 6.51. The molecule has 3 aromatic rings. The van der Waals surface area contributed by atoms with E-state index in [1.807, 2.05) is 65.3 Å². The van der Waals surface area contributed by atoms with Gasteiger partial charge in [-0.25, -0.2) is 0 Å². The van der Waals surface area contributed by atoms with Gasteiger partial charge >= 0.3 is 0 Å². The van der Waals surface area contributed by atoms with Gasteiger partial charge in [0.15, 0.2) is 0 Å². The summed E-state index contributed by atoms with van der Waals surface area (Å²) in [7, 11) is 0. The average Bonchev–Trinajstić information content (AvgIpc) is 3.57. The molecule has 0 unspecified atom stereocenters. The molecular weight excluding hydrogens is 526 g/mol. The van der Waals surface area contributed by atoms with E-state index < -0.39 is 6.04 Å². The second kappa shape index (κ2) is 12.6. The Kier molecular flexibility index (Phi) is 8.70. The standard InChI is InChI=1S/C32H34ClN3O4/c1-2-18-40-25-14-12-23(13-15-25)31(38)35-20-24-16-17-36(28(24)21-35)32(39)30(26-10-6-7-11-27(26)33)34-29(37)19-22-8-4-3-5-9-22/h3-15,24,28,30H,2,16-21H2,1H3,(H,34,37)/t24-,28+,30+/m0/s1. The van der Waals surface area contributed by atoms with Gasteiger partial charge in [-0.3, -0.25) is 14.4 Å². The van der Waals surface area contributed by atoms with Crippen molar-refractivity contribution < 1.29 is 19.1 Å². The van der Waals surface area contributed by atoms with E-state index in [9.17, 15) is 14.4 Å². The number of hydrogen-bond acceptors (Lipinski definition) is 4. The normalized spacial score (nSPS) is 18.8. The predicted octanol–water partition coefficient (Wildman–Crippen LogP) is 4.90. The molecule has 2 aliphatic rings. The molecule has 3 aromatic carbocycles. The van der Waals surface area contributed by atoms with E-state index in [4.69, 9.17) is 16.3 Å². The van der Waals surface area contributed by atoms with Gasteiger partial charge < -0.3 is 19.9 Å². The molecule has 0 aromatic heterocycles. The highest BCUT2D eigenvalue weighted by atomic mass is 35.5. The predicted molar refractivity (Wildman–Crippen MR) is 154 cm³/mol. The molecule has 40 heavy (non-hydrogen) atoms. The van der Waals surface area contributed by atoms with Crippen molar-refractivity contribution >= 4 is 29.3 Å². The van der Waals surface area contributed by atoms with Crippen LogP contribution in [0.5, 0.6) is 5.75 Å². The molecule has 3 atom stereocenters. The molecule has 2 saturated heterocycles. The lowest BCUT2D eigenvalue weighted by molar-refractivity contribution is -0.137. The fourth-order valence-electron chi connectivity index (χ4n) is 5.64. The number of carbonyl (C=O) groups is 3. The van der Waals surface area contributed by atoms with Crippen LogP contribution in [0, 0.1) is 5.92 Å². The van der Waals surface area contributed by atoms with Crippen molar-refractivity contribution in [3.05, 3.63) is 101 Å². The molecule has 3 amide bonds. The third kappa shape index (κ3) is 6.15. The van der Waals surface area contributed by atoms with Gasteiger partial charge in [-0.2, -0.15) is 0 Å². The summed E-state index contributed by atoms with van der Waals surface area (Å²) in [5.41, 5.74) is 2.03. The van der Waals surface area contributed by atoms with E-state index >= 15 is 0 Å². The summed E-state index contributed by atoms with van der Waals surface area (Å²) in [6.07, 6.45) is 1.88. The number of likely N-dealkylation sites (tertiary alicyclic amines) is 2. The van der Waals surface area contributed by atoms with Gasteiger partial charge in [0.2, 0.25) is 11.8 Å². The van der Waals surface area contributed by atoms with E-state index in [2.05, 4.69) is 5.32 Å². The van der Waals surface area contributed by atoms with Crippen LogP contribution in [-0.4, -0.2) is 59.8 Å². The topological polar surface area (TPSA) is 79.0 Å². The van der Waals surface area contributed by atoms with Crippen LogP contribution < -0.4 is 10.1 Å². The van der Waals surface area contributed by atoms with Gasteiger partial charge in [0.1, 0.15) is 11.8 Å². The molecule has 0 bridgehead atoms. The fourth-order valence-corrected chi connectivity index (χ4v) is 5.88. The van der Waals surface area contributed by atoms with E-state index in [0.29, 0.717) is 42.4 Å². The molecule has 1 N–H and O–H groups in total. The summed E-state index contributed by atoms with van der Waals surface area (Å²) in [5, 5.41) is 3.37. The molecule has 2 aliphatic heterocycles. The van der Waals surface area contributed by atoms with Gasteiger partial charge in [-0.15, -0.1) is 0 Å². The molecule has 208 valence electrons. The first-order chi connectivity index (χ1) is 19.4. The van der Waals surface area contributed by atoms with E-state index in [0.717, 1.165) is 24.2 Å². The van der Waals surface area contributed by atoms with Crippen LogP contribution in [0.3, 0.4) is 0 Å². The zero-order valence-electron chi connectivity index (χ0n) is 22.6. The third-order valence-electron chi connectivity index (χ3n) is 7.67. The van der Waals surface area contributed by atoms with Gasteiger partial charge in [0.05, 0.1) is 19.1 Å². The van der Waals surface area contributed by atoms with Gasteiger partial charge in [0, 0.05) is 41.7 Å². The Balaban J connectivity index is 1.30. The number of nitrogens with zero attached hydrogens (tertiary/aromatic N) is 2. The Morgan fingerprint density at radius 3 is 2.42 bits per heavy atom. The highest BCUT2D eigenvalue weighted by molar-refractivity contribution is 6.31. The third-order valence-corrected chi connectivity index (χ3v) is 8.01. The number of benzene rings is 3. The molecule has 2 heterocycles. The Hall–Kier alpha value is -3.84. The summed E-state index contributed by atoms with van der Waals surface area (Å²) in [6, 6.07) is 22.7. The number of carbonyl (C=O) groups excluding carboxylic acids is 3. The zero-order valence-corrected chi connectivity index (χ0v) is 23.3. The minimum atomic E-state index is -0.913. The van der Waals surface area contributed by atoms with E-state index in [1.54, 1.807) is 30.3 Å². The minimum Gasteiger partial charge on any atom is -0.494 e. The van der Waals surface area contributed by atoms with Crippen molar-refractivity contribution in [2.45, 2.75) is 38.3 Å². The Morgan fingerprint density at radius 2 is 1.70 bits per heavy atom. The number of amides is 3. The summed E-state index contributed by atoms with van der Waals surface area (Å²) < 4.78 is 5.64. The number of fused-ring (bicyclic) bond motifs is 1. The number of nitrogens with one attached hydrogen (secondary N) is 1. The van der Waals surface area contributed by atoms with E-state index in [1.165, 1.54) is 0 Å². The first kappa shape index (κ1) is 27.7. The highest BCUT2D eigenvalue weighted by Gasteiger charge is 2.46. The quantitative estimate of drug-likeness (QED) is 0.404. The SMILES string of the molecule is CCCOc1ccc(C(=O)N2C[C@@H]3CCN(C(=O)[C@H](NC(=O)Cc4ccccc4)c4ccccc4Cl)[C@@H]3C2)cc1. The second-order valence-electron chi connectivity index (χ2n) is 10.4. The van der Waals surface area contributed by atoms with Crippen LogP contribution in [0.1, 0.15) is 47.3 Å². The number of halogens is 1. The average molecular weight is 560 g/mol. The lowest BCUT2D eigenvalue weighted by Crippen LogP contribution is -2.47. The number of hydrogen-bond donors (Lipinski definition) is 1. The van der Waals surface area contributed by atoms with E-state index in [-0.39, 0.29) is 36.1 Å².